The summed E-state index contributed by atoms with van der Waals surface area (Å²) in [6.07, 6.45) is 3.86. The molecule has 0 amide bonds. The molecule has 0 aliphatic carbocycles. The smallest absolute Gasteiger partial charge is 0.247 e. The first-order valence-corrected chi connectivity index (χ1v) is 11.5. The maximum absolute atomic E-state index is 12.3. The Hall–Kier alpha value is -2.52. The Balaban J connectivity index is 1.36. The van der Waals surface area contributed by atoms with Crippen molar-refractivity contribution >= 4 is 16.2 Å². The zero-order valence-electron chi connectivity index (χ0n) is 17.2. The summed E-state index contributed by atoms with van der Waals surface area (Å²) < 4.78 is 32.9. The highest BCUT2D eigenvalue weighted by atomic mass is 32.2. The van der Waals surface area contributed by atoms with Crippen molar-refractivity contribution in [3.63, 3.8) is 0 Å². The number of benzene rings is 2. The lowest BCUT2D eigenvalue weighted by Crippen LogP contribution is -2.97. The fourth-order valence-electron chi connectivity index (χ4n) is 3.86. The molecule has 158 valence electrons. The number of quaternary nitrogens is 1. The van der Waals surface area contributed by atoms with E-state index in [-0.39, 0.29) is 18.1 Å². The van der Waals surface area contributed by atoms with Crippen LogP contribution in [0.3, 0.4) is 0 Å². The summed E-state index contributed by atoms with van der Waals surface area (Å²) in [6, 6.07) is 16.9. The molecule has 2 aliphatic heterocycles. The van der Waals surface area contributed by atoms with Gasteiger partial charge in [0.15, 0.2) is 4.91 Å². The summed E-state index contributed by atoms with van der Waals surface area (Å²) in [5, 5.41) is 4.66. The summed E-state index contributed by atoms with van der Waals surface area (Å²) in [4.78, 5) is 2.54. The molecule has 0 saturated carbocycles. The molecule has 0 bridgehead atoms. The average Bonchev–Trinajstić information content (AvgIpc) is 3.30. The minimum Gasteiger partial charge on any atom is -0.492 e. The highest BCUT2D eigenvalue weighted by Gasteiger charge is 2.28. The predicted molar refractivity (Wildman–Crippen MR) is 117 cm³/mol. The molecule has 0 saturated heterocycles. The van der Waals surface area contributed by atoms with Gasteiger partial charge >= 0.3 is 0 Å². The van der Waals surface area contributed by atoms with Crippen molar-refractivity contribution in [2.45, 2.75) is 19.0 Å². The Morgan fingerprint density at radius 3 is 2.77 bits per heavy atom. The number of hydrogen-bond donors (Lipinski definition) is 2. The van der Waals surface area contributed by atoms with Gasteiger partial charge in [-0.05, 0) is 42.3 Å². The fraction of sp³-hybridized carbons (Fsp3) is 0.318. The summed E-state index contributed by atoms with van der Waals surface area (Å²) in [6.45, 7) is 1.36. The van der Waals surface area contributed by atoms with Crippen molar-refractivity contribution in [2.75, 3.05) is 27.2 Å². The molecule has 4 rings (SSSR count). The van der Waals surface area contributed by atoms with E-state index >= 15 is 0 Å². The van der Waals surface area contributed by atoms with Crippen LogP contribution >= 0.6 is 0 Å². The molecule has 2 aromatic carbocycles. The monoisotopic (exact) mass is 427 g/mol. The van der Waals surface area contributed by atoms with Crippen LogP contribution in [0.4, 0.5) is 0 Å². The summed E-state index contributed by atoms with van der Waals surface area (Å²) in [5.41, 5.74) is 3.89. The lowest BCUT2D eigenvalue weighted by atomic mass is 9.98. The van der Waals surface area contributed by atoms with Gasteiger partial charge in [0, 0.05) is 19.1 Å². The van der Waals surface area contributed by atoms with Crippen molar-refractivity contribution in [2.24, 2.45) is 5.10 Å². The largest absolute Gasteiger partial charge is 0.492 e. The second kappa shape index (κ2) is 8.69. The predicted octanol–water partition coefficient (Wildman–Crippen LogP) is 1.07. The van der Waals surface area contributed by atoms with E-state index in [1.165, 1.54) is 22.9 Å². The van der Waals surface area contributed by atoms with Gasteiger partial charge in [-0.2, -0.15) is 5.01 Å². The van der Waals surface area contributed by atoms with Gasteiger partial charge in [-0.3, -0.25) is 4.90 Å². The molecule has 2 heterocycles. The van der Waals surface area contributed by atoms with E-state index in [0.717, 1.165) is 18.7 Å². The molecule has 0 spiro atoms. The molecule has 2 N–H and O–H groups in total. The van der Waals surface area contributed by atoms with E-state index in [4.69, 9.17) is 4.74 Å². The molecule has 2 unspecified atom stereocenters. The summed E-state index contributed by atoms with van der Waals surface area (Å²) in [5.74, 6) is 0.757. The number of allylic oxidation sites excluding steroid dienone is 1. The Morgan fingerprint density at radius 1 is 1.23 bits per heavy atom. The van der Waals surface area contributed by atoms with E-state index in [9.17, 15) is 8.42 Å². The highest BCUT2D eigenvalue weighted by Crippen LogP contribution is 2.36. The van der Waals surface area contributed by atoms with Gasteiger partial charge in [0.25, 0.3) is 0 Å². The van der Waals surface area contributed by atoms with Crippen molar-refractivity contribution in [3.05, 3.63) is 76.3 Å². The average molecular weight is 428 g/mol. The number of hydrogen-bond acceptors (Lipinski definition) is 5. The SMILES string of the molecule is CN1Cc2ccc(OCCNS(=O)(=O)C3=C[NH+](C)N=C3)cc2C1Cc1ccccc1. The zero-order chi connectivity index (χ0) is 21.1. The zero-order valence-corrected chi connectivity index (χ0v) is 18.0. The molecule has 30 heavy (non-hydrogen) atoms. The van der Waals surface area contributed by atoms with Crippen molar-refractivity contribution < 1.29 is 18.2 Å². The molecule has 0 radical (unpaired) electrons. The first kappa shape index (κ1) is 20.7. The number of fused-ring (bicyclic) bond motifs is 1. The number of rotatable bonds is 8. The number of nitrogens with one attached hydrogen (secondary N) is 2. The second-order valence-corrected chi connectivity index (χ2v) is 9.44. The topological polar surface area (TPSA) is 75.4 Å². The Kier molecular flexibility index (Phi) is 6.01. The summed E-state index contributed by atoms with van der Waals surface area (Å²) in [7, 11) is 0.351. The molecular weight excluding hydrogens is 400 g/mol. The Labute approximate surface area is 177 Å². The van der Waals surface area contributed by atoms with Crippen LogP contribution in [0, 0.1) is 0 Å². The van der Waals surface area contributed by atoms with Crippen LogP contribution in [-0.4, -0.2) is 46.8 Å². The second-order valence-electron chi connectivity index (χ2n) is 7.67. The van der Waals surface area contributed by atoms with E-state index in [1.54, 1.807) is 13.2 Å². The minimum absolute atomic E-state index is 0.185. The molecule has 0 fully saturated rings. The van der Waals surface area contributed by atoms with Crippen LogP contribution in [-0.2, 0) is 23.0 Å². The highest BCUT2D eigenvalue weighted by molar-refractivity contribution is 7.94. The third-order valence-electron chi connectivity index (χ3n) is 5.42. The maximum atomic E-state index is 12.3. The van der Waals surface area contributed by atoms with Crippen LogP contribution < -0.4 is 14.5 Å². The molecule has 7 nitrogen and oxygen atoms in total. The van der Waals surface area contributed by atoms with Gasteiger partial charge in [-0.1, -0.05) is 41.5 Å². The molecule has 2 aromatic rings. The van der Waals surface area contributed by atoms with Gasteiger partial charge in [-0.25, -0.2) is 13.1 Å². The van der Waals surface area contributed by atoms with E-state index in [1.807, 2.05) is 12.1 Å². The molecule has 8 heteroatoms. The van der Waals surface area contributed by atoms with E-state index < -0.39 is 10.0 Å². The summed E-state index contributed by atoms with van der Waals surface area (Å²) >= 11 is 0. The number of likely N-dealkylation sites (N-methyl/N-ethyl adjacent to an activating group) is 1. The first-order chi connectivity index (χ1) is 14.4. The lowest BCUT2D eigenvalue weighted by Gasteiger charge is -2.20. The van der Waals surface area contributed by atoms with Crippen LogP contribution in [0.15, 0.2) is 64.7 Å². The van der Waals surface area contributed by atoms with Crippen molar-refractivity contribution in [1.29, 1.82) is 0 Å². The normalized spacial score (nSPS) is 20.9. The van der Waals surface area contributed by atoms with Gasteiger partial charge in [0.1, 0.15) is 24.8 Å². The number of ether oxygens (including phenoxy) is 1. The van der Waals surface area contributed by atoms with Crippen molar-refractivity contribution in [1.82, 2.24) is 9.62 Å². The van der Waals surface area contributed by atoms with Gasteiger partial charge in [-0.15, -0.1) is 0 Å². The molecular formula is C22H27N4O3S+. The van der Waals surface area contributed by atoms with Gasteiger partial charge in [0.2, 0.25) is 10.0 Å². The van der Waals surface area contributed by atoms with Crippen LogP contribution in [0.5, 0.6) is 5.75 Å². The third-order valence-corrected chi connectivity index (χ3v) is 6.85. The number of nitrogens with zero attached hydrogens (tertiary/aromatic N) is 2. The molecule has 2 atom stereocenters. The van der Waals surface area contributed by atoms with E-state index in [0.29, 0.717) is 11.1 Å². The molecule has 0 aromatic heterocycles. The quantitative estimate of drug-likeness (QED) is 0.618. The van der Waals surface area contributed by atoms with Crippen LogP contribution in [0.1, 0.15) is 22.7 Å². The molecule has 2 aliphatic rings. The van der Waals surface area contributed by atoms with Crippen molar-refractivity contribution in [3.8, 4) is 5.75 Å². The van der Waals surface area contributed by atoms with E-state index in [2.05, 4.69) is 58.2 Å². The van der Waals surface area contributed by atoms with Gasteiger partial charge < -0.3 is 4.74 Å². The minimum atomic E-state index is -3.55. The third kappa shape index (κ3) is 4.62. The van der Waals surface area contributed by atoms with Gasteiger partial charge in [0.05, 0.1) is 7.05 Å². The Bertz CT molecular complexity index is 1070. The fourth-order valence-corrected chi connectivity index (χ4v) is 4.89. The lowest BCUT2D eigenvalue weighted by molar-refractivity contribution is -0.828. The standard InChI is InChI=1S/C22H26N4O3S/c1-25-15-18-8-9-19(13-21(18)22(25)12-17-6-4-3-5-7-17)29-11-10-24-30(27,28)20-14-23-26(2)16-20/h3-9,13-14,16,22,24H,10-12,15H2,1-2H3/p+1. The van der Waals surface area contributed by atoms with Crippen LogP contribution in [0.2, 0.25) is 0 Å². The first-order valence-electron chi connectivity index (χ1n) is 10.0. The van der Waals surface area contributed by atoms with Crippen LogP contribution in [0.25, 0.3) is 0 Å². The maximum Gasteiger partial charge on any atom is 0.247 e. The Morgan fingerprint density at radius 2 is 2.03 bits per heavy atom. The number of sulfonamides is 1.